The zero-order valence-corrected chi connectivity index (χ0v) is 74.7. The summed E-state index contributed by atoms with van der Waals surface area (Å²) in [5, 5.41) is 20.7. The molecule has 0 amide bonds. The third-order valence-electron chi connectivity index (χ3n) is 19.5. The Morgan fingerprint density at radius 3 is 0.739 bits per heavy atom. The monoisotopic (exact) mass is 1650 g/mol. The minimum absolute atomic E-state index is 0.0938. The second kappa shape index (κ2) is 88.7. The molecule has 0 aromatic carbocycles. The Morgan fingerprint density at radius 1 is 0.252 bits per heavy atom. The Balaban J connectivity index is 4.45. The maximum Gasteiger partial charge on any atom is 0.472 e. The molecule has 0 saturated carbocycles. The van der Waals surface area contributed by atoms with Crippen molar-refractivity contribution in [1.82, 2.24) is 0 Å². The predicted octanol–water partition coefficient (Wildman–Crippen LogP) is 28.3. The zero-order valence-electron chi connectivity index (χ0n) is 72.9. The number of hydrogen-bond donors (Lipinski definition) is 4. The number of aliphatic hydroxyl groups is 2. The summed E-state index contributed by atoms with van der Waals surface area (Å²) in [6.07, 6.45) is 112. The first-order valence-corrected chi connectivity index (χ1v) is 49.1. The van der Waals surface area contributed by atoms with E-state index in [1.807, 2.05) is 0 Å². The highest BCUT2D eigenvalue weighted by Crippen LogP contribution is 2.45. The van der Waals surface area contributed by atoms with E-state index < -0.39 is 91.5 Å². The number of hydrogen-bond acceptors (Lipinski definition) is 14. The summed E-state index contributed by atoms with van der Waals surface area (Å²) in [6.45, 7) is 2.49. The van der Waals surface area contributed by atoms with Crippen molar-refractivity contribution in [3.05, 3.63) is 146 Å². The van der Waals surface area contributed by atoms with Gasteiger partial charge >= 0.3 is 33.6 Å². The van der Waals surface area contributed by atoms with Gasteiger partial charge in [-0.3, -0.25) is 32.5 Å². The minimum Gasteiger partial charge on any atom is -0.463 e. The summed E-state index contributed by atoms with van der Waals surface area (Å²) in [7, 11) is -9.80. The van der Waals surface area contributed by atoms with Crippen molar-refractivity contribution in [3.8, 4) is 0 Å². The van der Waals surface area contributed by atoms with Crippen LogP contribution in [0.1, 0.15) is 393 Å². The summed E-state index contributed by atoms with van der Waals surface area (Å²) in [5.41, 5.74) is 0. The number of carbonyl (C=O) groups excluding carboxylic acids is 3. The van der Waals surface area contributed by atoms with Gasteiger partial charge in [0.25, 0.3) is 0 Å². The van der Waals surface area contributed by atoms with E-state index in [4.69, 9.17) is 32.3 Å². The number of carbonyl (C=O) groups is 3. The summed E-state index contributed by atoms with van der Waals surface area (Å²) < 4.78 is 61.4. The van der Waals surface area contributed by atoms with Gasteiger partial charge in [0.2, 0.25) is 0 Å². The lowest BCUT2D eigenvalue weighted by atomic mass is 10.0. The number of rotatable bonds is 87. The molecule has 0 heterocycles. The number of esters is 3. The molecule has 0 aliphatic carbocycles. The van der Waals surface area contributed by atoms with Crippen LogP contribution in [0.25, 0.3) is 0 Å². The number of aliphatic hydroxyl groups excluding tert-OH is 2. The molecule has 0 aromatic heterocycles. The molecular formula is C97H168O16P2. The molecule has 0 aromatic rings. The summed E-state index contributed by atoms with van der Waals surface area (Å²) in [4.78, 5) is 58.9. The summed E-state index contributed by atoms with van der Waals surface area (Å²) in [6, 6.07) is 0. The Bertz CT molecular complexity index is 2670. The molecule has 18 heteroatoms. The van der Waals surface area contributed by atoms with Gasteiger partial charge in [-0.2, -0.15) is 0 Å². The van der Waals surface area contributed by atoms with Crippen LogP contribution in [0.4, 0.5) is 0 Å². The van der Waals surface area contributed by atoms with Crippen molar-refractivity contribution in [2.45, 2.75) is 411 Å². The molecule has 0 saturated heterocycles. The fourth-order valence-corrected chi connectivity index (χ4v) is 14.2. The van der Waals surface area contributed by atoms with Crippen LogP contribution in [0, 0.1) is 0 Å². The molecule has 662 valence electrons. The molecule has 0 radical (unpaired) electrons. The molecule has 16 nitrogen and oxygen atoms in total. The van der Waals surface area contributed by atoms with Crippen molar-refractivity contribution in [2.75, 3.05) is 39.6 Å². The van der Waals surface area contributed by atoms with Gasteiger partial charge in [0.15, 0.2) is 6.10 Å². The number of allylic oxidation sites excluding steroid dienone is 24. The number of ether oxygens (including phenoxy) is 3. The van der Waals surface area contributed by atoms with Crippen molar-refractivity contribution < 1.29 is 75.8 Å². The molecule has 5 atom stereocenters. The van der Waals surface area contributed by atoms with Gasteiger partial charge in [-0.15, -0.1) is 0 Å². The molecule has 0 fully saturated rings. The van der Waals surface area contributed by atoms with E-state index >= 15 is 0 Å². The molecule has 4 N–H and O–H groups in total. The van der Waals surface area contributed by atoms with Gasteiger partial charge in [-0.05, 0) is 141 Å². The van der Waals surface area contributed by atoms with Crippen LogP contribution >= 0.6 is 15.6 Å². The lowest BCUT2D eigenvalue weighted by molar-refractivity contribution is -0.161. The van der Waals surface area contributed by atoms with Crippen molar-refractivity contribution in [3.63, 3.8) is 0 Å². The van der Waals surface area contributed by atoms with Crippen LogP contribution in [0.15, 0.2) is 146 Å². The SMILES string of the molecule is CC/C=C\C/C=C\C/C=C\C/C=C\C/C=C\C/C=C\CCCCCCCCCCCCCCC(=O)OCC(COP(=O)(O)OCC(O)COP(=O)(O)OCC(O)COC(=O)CCCCCCCCCCCCCCCCCCC/C=C\C/C=C\C/C=C\C/C=C\C/C=C\CC)OC(=O)CCCCCCC/C=C\CCCCCCCC. The highest BCUT2D eigenvalue weighted by atomic mass is 31.2. The van der Waals surface area contributed by atoms with E-state index in [1.165, 1.54) is 173 Å². The van der Waals surface area contributed by atoms with Gasteiger partial charge in [-0.1, -0.05) is 378 Å². The number of phosphoric ester groups is 2. The normalized spacial score (nSPS) is 14.5. The van der Waals surface area contributed by atoms with Gasteiger partial charge < -0.3 is 34.2 Å². The second-order valence-electron chi connectivity index (χ2n) is 30.7. The van der Waals surface area contributed by atoms with Crippen LogP contribution in [0.5, 0.6) is 0 Å². The Kier molecular flexibility index (Phi) is 85.2. The predicted molar refractivity (Wildman–Crippen MR) is 482 cm³/mol. The second-order valence-corrected chi connectivity index (χ2v) is 33.6. The summed E-state index contributed by atoms with van der Waals surface area (Å²) >= 11 is 0. The van der Waals surface area contributed by atoms with Crippen LogP contribution in [-0.2, 0) is 55.8 Å². The zero-order chi connectivity index (χ0) is 83.6. The largest absolute Gasteiger partial charge is 0.472 e. The third kappa shape index (κ3) is 90.0. The smallest absolute Gasteiger partial charge is 0.463 e. The van der Waals surface area contributed by atoms with E-state index in [-0.39, 0.29) is 19.3 Å². The highest BCUT2D eigenvalue weighted by molar-refractivity contribution is 7.47. The highest BCUT2D eigenvalue weighted by Gasteiger charge is 2.29. The Morgan fingerprint density at radius 2 is 0.461 bits per heavy atom. The fourth-order valence-electron chi connectivity index (χ4n) is 12.6. The van der Waals surface area contributed by atoms with Gasteiger partial charge in [0, 0.05) is 19.3 Å². The maximum atomic E-state index is 13.0. The average molecular weight is 1650 g/mol. The van der Waals surface area contributed by atoms with Gasteiger partial charge in [0.1, 0.15) is 25.4 Å². The first-order chi connectivity index (χ1) is 56.2. The van der Waals surface area contributed by atoms with E-state index in [1.54, 1.807) is 0 Å². The molecular weight excluding hydrogens is 1480 g/mol. The lowest BCUT2D eigenvalue weighted by Gasteiger charge is -2.21. The topological polar surface area (TPSA) is 231 Å². The first kappa shape index (κ1) is 110. The molecule has 0 aliphatic rings. The molecule has 0 aliphatic heterocycles. The van der Waals surface area contributed by atoms with Gasteiger partial charge in [0.05, 0.1) is 26.4 Å². The third-order valence-corrected chi connectivity index (χ3v) is 21.4. The van der Waals surface area contributed by atoms with Gasteiger partial charge in [-0.25, -0.2) is 9.13 Å². The molecule has 5 unspecified atom stereocenters. The van der Waals surface area contributed by atoms with Crippen LogP contribution in [-0.4, -0.2) is 95.9 Å². The first-order valence-electron chi connectivity index (χ1n) is 46.1. The summed E-state index contributed by atoms with van der Waals surface area (Å²) in [5.74, 6) is -1.57. The number of phosphoric acid groups is 2. The van der Waals surface area contributed by atoms with Crippen molar-refractivity contribution in [1.29, 1.82) is 0 Å². The van der Waals surface area contributed by atoms with E-state index in [9.17, 15) is 43.5 Å². The fraction of sp³-hybridized carbons (Fsp3) is 0.722. The van der Waals surface area contributed by atoms with E-state index in [2.05, 4.69) is 167 Å². The van der Waals surface area contributed by atoms with E-state index in [0.29, 0.717) is 19.3 Å². The van der Waals surface area contributed by atoms with E-state index in [0.717, 1.165) is 161 Å². The average Bonchev–Trinajstić information content (AvgIpc) is 0.893. The Hall–Kier alpha value is -4.57. The number of unbranched alkanes of at least 4 members (excludes halogenated alkanes) is 40. The maximum absolute atomic E-state index is 13.0. The van der Waals surface area contributed by atoms with Crippen LogP contribution < -0.4 is 0 Å². The lowest BCUT2D eigenvalue weighted by Crippen LogP contribution is -2.30. The Labute approximate surface area is 702 Å². The molecule has 0 bridgehead atoms. The quantitative estimate of drug-likeness (QED) is 0.0146. The minimum atomic E-state index is -4.94. The molecule has 0 spiro atoms. The van der Waals surface area contributed by atoms with Crippen LogP contribution in [0.2, 0.25) is 0 Å². The van der Waals surface area contributed by atoms with Crippen molar-refractivity contribution in [2.24, 2.45) is 0 Å². The standard InChI is InChI=1S/C97H168O16P2/c1-4-7-10-13-16-19-22-25-28-30-32-34-36-38-40-42-44-45-47-49-50-52-54-56-58-60-63-65-68-71-74-77-80-83-95(100)107-86-92(98)87-109-114(103,104)110-88-93(99)89-111-115(105,106)112-91-94(113-97(102)85-82-79-76-73-70-67-62-27-24-21-18-15-12-9-6-3)90-108-96(101)84-81-78-75-72-69-66-64-61-59-57-55-53-51-48-46-43-41-39-37-35-33-31-29-26-23-20-17-14-11-8-5-2/h7-8,10-11,16-17,19-20,25-29,32-35,38-41,46,48,62,92-94,98-99H,4-6,9,12-15,18,21-24,30-31,36-37,42-45,47,49-61,63-91H2,1-3H3,(H,103,104)(H,105,106)/b10-7-,11-8-,19-16-,20-17-,28-25-,29-26-,34-32-,35-33-,40-38-,41-39-,48-46-,62-27-. The molecule has 115 heavy (non-hydrogen) atoms. The van der Waals surface area contributed by atoms with Crippen LogP contribution in [0.3, 0.4) is 0 Å². The molecule has 0 rings (SSSR count). The van der Waals surface area contributed by atoms with Crippen molar-refractivity contribution >= 4 is 33.6 Å².